The number of likely N-dealkylation sites (tertiary alicyclic amines) is 1. The monoisotopic (exact) mass is 456 g/mol. The number of ether oxygens (including phenoxy) is 1. The smallest absolute Gasteiger partial charge is 0.394 e. The average molecular weight is 457 g/mol. The van der Waals surface area contributed by atoms with Crippen LogP contribution in [0.2, 0.25) is 5.02 Å². The summed E-state index contributed by atoms with van der Waals surface area (Å²) < 4.78 is 46.9. The molecule has 2 amide bonds. The number of rotatable bonds is 6. The van der Waals surface area contributed by atoms with Gasteiger partial charge in [-0.2, -0.15) is 13.2 Å². The first-order chi connectivity index (χ1) is 14.5. The van der Waals surface area contributed by atoms with Gasteiger partial charge in [-0.15, -0.1) is 0 Å². The summed E-state index contributed by atoms with van der Waals surface area (Å²) in [5.74, 6) is 0. The molecule has 0 aliphatic carbocycles. The number of alkyl halides is 3. The largest absolute Gasteiger partial charge is 0.416 e. The number of amides is 2. The molecular formula is C22H24ClF3N2O3. The molecule has 1 saturated heterocycles. The molecule has 31 heavy (non-hydrogen) atoms. The van der Waals surface area contributed by atoms with Gasteiger partial charge in [0.05, 0.1) is 36.9 Å². The van der Waals surface area contributed by atoms with Crippen molar-refractivity contribution in [3.05, 3.63) is 70.2 Å². The average Bonchev–Trinajstić information content (AvgIpc) is 2.67. The van der Waals surface area contributed by atoms with Crippen LogP contribution in [0.15, 0.2) is 48.5 Å². The number of urea groups is 1. The number of carbonyl (C=O) groups excluding carboxylic acids is 1. The van der Waals surface area contributed by atoms with Gasteiger partial charge in [0, 0.05) is 5.02 Å². The summed E-state index contributed by atoms with van der Waals surface area (Å²) in [5, 5.41) is 12.5. The number of aliphatic hydroxyl groups excluding tert-OH is 1. The van der Waals surface area contributed by atoms with Gasteiger partial charge in [-0.3, -0.25) is 0 Å². The van der Waals surface area contributed by atoms with Crippen molar-refractivity contribution in [1.82, 2.24) is 10.2 Å². The molecule has 168 valence electrons. The summed E-state index contributed by atoms with van der Waals surface area (Å²) in [4.78, 5) is 13.8. The van der Waals surface area contributed by atoms with E-state index >= 15 is 0 Å². The maximum absolute atomic E-state index is 13.6. The van der Waals surface area contributed by atoms with Crippen LogP contribution in [0.5, 0.6) is 0 Å². The minimum Gasteiger partial charge on any atom is -0.394 e. The molecule has 0 saturated carbocycles. The van der Waals surface area contributed by atoms with Crippen molar-refractivity contribution >= 4 is 17.6 Å². The summed E-state index contributed by atoms with van der Waals surface area (Å²) >= 11 is 5.94. The maximum Gasteiger partial charge on any atom is 0.416 e. The third-order valence-corrected chi connectivity index (χ3v) is 5.28. The highest BCUT2D eigenvalue weighted by molar-refractivity contribution is 6.30. The standard InChI is InChI=1S/C22H24ClF3N2O3/c1-21(2,13-29)27-20(30)28-11-16(12-28)31-19(14-7-9-15(23)10-8-14)17-5-3-4-6-18(17)22(24,25)26/h3-10,16,19,29H,11-13H2,1-2H3,(H,27,30). The fraction of sp³-hybridized carbons (Fsp3) is 0.409. The van der Waals surface area contributed by atoms with E-state index in [1.54, 1.807) is 38.1 Å². The van der Waals surface area contributed by atoms with Crippen molar-refractivity contribution in [2.24, 2.45) is 0 Å². The topological polar surface area (TPSA) is 61.8 Å². The quantitative estimate of drug-likeness (QED) is 0.666. The zero-order chi connectivity index (χ0) is 22.8. The van der Waals surface area contributed by atoms with Gasteiger partial charge in [0.2, 0.25) is 0 Å². The van der Waals surface area contributed by atoms with Gasteiger partial charge in [-0.05, 0) is 43.2 Å². The zero-order valence-corrected chi connectivity index (χ0v) is 17.9. The Kier molecular flexibility index (Phi) is 6.83. The second-order valence-electron chi connectivity index (χ2n) is 8.15. The minimum absolute atomic E-state index is 0.00152. The second kappa shape index (κ2) is 9.06. The van der Waals surface area contributed by atoms with Crippen LogP contribution in [0.4, 0.5) is 18.0 Å². The Morgan fingerprint density at radius 3 is 2.39 bits per heavy atom. The molecule has 0 radical (unpaired) electrons. The number of hydrogen-bond donors (Lipinski definition) is 2. The van der Waals surface area contributed by atoms with E-state index in [9.17, 15) is 23.1 Å². The fourth-order valence-corrected chi connectivity index (χ4v) is 3.37. The lowest BCUT2D eigenvalue weighted by Crippen LogP contribution is -2.61. The number of nitrogens with zero attached hydrogens (tertiary/aromatic N) is 1. The summed E-state index contributed by atoms with van der Waals surface area (Å²) in [6.07, 6.45) is -5.95. The molecule has 2 aromatic rings. The predicted molar refractivity (Wildman–Crippen MR) is 111 cm³/mol. The Bertz CT molecular complexity index is 913. The van der Waals surface area contributed by atoms with Crippen LogP contribution < -0.4 is 5.32 Å². The van der Waals surface area contributed by atoms with Crippen molar-refractivity contribution < 1.29 is 27.8 Å². The Morgan fingerprint density at radius 1 is 1.19 bits per heavy atom. The van der Waals surface area contributed by atoms with E-state index in [2.05, 4.69) is 5.32 Å². The molecule has 1 aliphatic heterocycles. The Balaban J connectivity index is 1.80. The summed E-state index contributed by atoms with van der Waals surface area (Å²) in [7, 11) is 0. The van der Waals surface area contributed by atoms with Crippen molar-refractivity contribution in [2.75, 3.05) is 19.7 Å². The first-order valence-electron chi connectivity index (χ1n) is 9.75. The molecule has 0 bridgehead atoms. The Hall–Kier alpha value is -2.29. The van der Waals surface area contributed by atoms with E-state index in [-0.39, 0.29) is 31.3 Å². The molecule has 2 aromatic carbocycles. The van der Waals surface area contributed by atoms with Crippen LogP contribution in [0, 0.1) is 0 Å². The summed E-state index contributed by atoms with van der Waals surface area (Å²) in [6, 6.07) is 11.4. The first kappa shape index (κ1) is 23.4. The zero-order valence-electron chi connectivity index (χ0n) is 17.1. The first-order valence-corrected chi connectivity index (χ1v) is 10.1. The fourth-order valence-electron chi connectivity index (χ4n) is 3.24. The highest BCUT2D eigenvalue weighted by atomic mass is 35.5. The number of nitrogens with one attached hydrogen (secondary N) is 1. The number of carbonyl (C=O) groups is 1. The molecule has 0 spiro atoms. The van der Waals surface area contributed by atoms with Crippen LogP contribution in [0.1, 0.15) is 36.6 Å². The van der Waals surface area contributed by atoms with Crippen molar-refractivity contribution in [2.45, 2.75) is 37.8 Å². The van der Waals surface area contributed by atoms with E-state index in [1.165, 1.54) is 23.1 Å². The van der Waals surface area contributed by atoms with E-state index in [4.69, 9.17) is 16.3 Å². The molecule has 1 heterocycles. The number of benzene rings is 2. The van der Waals surface area contributed by atoms with E-state index in [0.717, 1.165) is 6.07 Å². The molecular weight excluding hydrogens is 433 g/mol. The normalized spacial score (nSPS) is 16.0. The van der Waals surface area contributed by atoms with Crippen molar-refractivity contribution in [3.63, 3.8) is 0 Å². The lowest BCUT2D eigenvalue weighted by Gasteiger charge is -2.42. The molecule has 0 aromatic heterocycles. The van der Waals surface area contributed by atoms with Crippen molar-refractivity contribution in [3.8, 4) is 0 Å². The second-order valence-corrected chi connectivity index (χ2v) is 8.59. The lowest BCUT2D eigenvalue weighted by molar-refractivity contribution is -0.140. The summed E-state index contributed by atoms with van der Waals surface area (Å²) in [6.45, 7) is 3.60. The molecule has 9 heteroatoms. The van der Waals surface area contributed by atoms with Gasteiger partial charge in [-0.25, -0.2) is 4.79 Å². The molecule has 3 rings (SSSR count). The van der Waals surface area contributed by atoms with Gasteiger partial charge in [0.1, 0.15) is 6.10 Å². The number of halogens is 4. The molecule has 2 N–H and O–H groups in total. The van der Waals surface area contributed by atoms with Crippen LogP contribution in [0.25, 0.3) is 0 Å². The van der Waals surface area contributed by atoms with E-state index in [0.29, 0.717) is 10.6 Å². The molecule has 1 aliphatic rings. The Morgan fingerprint density at radius 2 is 1.81 bits per heavy atom. The van der Waals surface area contributed by atoms with Gasteiger partial charge in [-0.1, -0.05) is 41.9 Å². The highest BCUT2D eigenvalue weighted by Crippen LogP contribution is 2.39. The maximum atomic E-state index is 13.6. The van der Waals surface area contributed by atoms with Gasteiger partial charge < -0.3 is 20.1 Å². The Labute approximate surface area is 183 Å². The van der Waals surface area contributed by atoms with E-state index < -0.39 is 29.5 Å². The number of aliphatic hydroxyl groups is 1. The van der Waals surface area contributed by atoms with Crippen LogP contribution in [-0.2, 0) is 10.9 Å². The van der Waals surface area contributed by atoms with Gasteiger partial charge in [0.15, 0.2) is 0 Å². The highest BCUT2D eigenvalue weighted by Gasteiger charge is 2.39. The third-order valence-electron chi connectivity index (χ3n) is 5.03. The van der Waals surface area contributed by atoms with Crippen LogP contribution in [0.3, 0.4) is 0 Å². The van der Waals surface area contributed by atoms with E-state index in [1.807, 2.05) is 0 Å². The third kappa shape index (κ3) is 5.70. The number of hydrogen-bond acceptors (Lipinski definition) is 3. The van der Waals surface area contributed by atoms with Crippen LogP contribution in [-0.4, -0.2) is 47.4 Å². The van der Waals surface area contributed by atoms with Crippen LogP contribution >= 0.6 is 11.6 Å². The lowest BCUT2D eigenvalue weighted by atomic mass is 9.95. The minimum atomic E-state index is -4.54. The molecule has 1 unspecified atom stereocenters. The molecule has 1 atom stereocenters. The molecule has 5 nitrogen and oxygen atoms in total. The predicted octanol–water partition coefficient (Wildman–Crippen LogP) is 4.63. The SMILES string of the molecule is CC(C)(CO)NC(=O)N1CC(OC(c2ccc(Cl)cc2)c2ccccc2C(F)(F)F)C1. The van der Waals surface area contributed by atoms with Gasteiger partial charge >= 0.3 is 12.2 Å². The van der Waals surface area contributed by atoms with Crippen molar-refractivity contribution in [1.29, 1.82) is 0 Å². The van der Waals surface area contributed by atoms with Gasteiger partial charge in [0.25, 0.3) is 0 Å². The molecule has 1 fully saturated rings. The summed E-state index contributed by atoms with van der Waals surface area (Å²) in [5.41, 5.74) is -1.01.